The van der Waals surface area contributed by atoms with Crippen molar-refractivity contribution < 1.29 is 14.1 Å². The Hall–Kier alpha value is -3.03. The monoisotopic (exact) mass is 406 g/mol. The van der Waals surface area contributed by atoms with Crippen molar-refractivity contribution >= 4 is 5.91 Å². The average molecular weight is 406 g/mol. The number of piperazine rings is 1. The maximum absolute atomic E-state index is 12.4. The number of carbonyl (C=O) groups is 1. The Morgan fingerprint density at radius 1 is 1.03 bits per heavy atom. The first-order valence-corrected chi connectivity index (χ1v) is 10.2. The standard InChI is InChI=1S/C23H26N4O3/c1-18-7-9-20(10-8-18)23-24-21(30-25-23)15-26-11-13-27(14-12-26)22(28)17-29-16-19-5-3-2-4-6-19/h2-10H,11-17H2,1H3. The van der Waals surface area contributed by atoms with Gasteiger partial charge in [-0.25, -0.2) is 0 Å². The predicted octanol–water partition coefficient (Wildman–Crippen LogP) is 2.91. The molecule has 0 unspecified atom stereocenters. The van der Waals surface area contributed by atoms with Crippen molar-refractivity contribution in [1.82, 2.24) is 19.9 Å². The molecule has 1 aliphatic heterocycles. The summed E-state index contributed by atoms with van der Waals surface area (Å²) in [6.45, 7) is 6.08. The number of ether oxygens (including phenoxy) is 1. The fourth-order valence-corrected chi connectivity index (χ4v) is 3.41. The molecule has 1 aliphatic rings. The van der Waals surface area contributed by atoms with Gasteiger partial charge in [-0.3, -0.25) is 9.69 Å². The van der Waals surface area contributed by atoms with Gasteiger partial charge in [0, 0.05) is 31.7 Å². The van der Waals surface area contributed by atoms with Crippen molar-refractivity contribution in [2.45, 2.75) is 20.1 Å². The molecule has 0 radical (unpaired) electrons. The van der Waals surface area contributed by atoms with E-state index in [1.807, 2.05) is 66.4 Å². The van der Waals surface area contributed by atoms with Crippen LogP contribution in [0.25, 0.3) is 11.4 Å². The van der Waals surface area contributed by atoms with Crippen LogP contribution in [0.15, 0.2) is 59.1 Å². The van der Waals surface area contributed by atoms with Gasteiger partial charge in [-0.2, -0.15) is 4.98 Å². The van der Waals surface area contributed by atoms with Gasteiger partial charge >= 0.3 is 0 Å². The molecule has 1 amide bonds. The lowest BCUT2D eigenvalue weighted by Crippen LogP contribution is -2.49. The summed E-state index contributed by atoms with van der Waals surface area (Å²) >= 11 is 0. The molecule has 7 heteroatoms. The first-order valence-electron chi connectivity index (χ1n) is 10.2. The van der Waals surface area contributed by atoms with Crippen LogP contribution in [0, 0.1) is 6.92 Å². The molecule has 1 saturated heterocycles. The highest BCUT2D eigenvalue weighted by Gasteiger charge is 2.22. The van der Waals surface area contributed by atoms with E-state index in [1.165, 1.54) is 5.56 Å². The Balaban J connectivity index is 1.21. The van der Waals surface area contributed by atoms with E-state index in [0.29, 0.717) is 38.0 Å². The highest BCUT2D eigenvalue weighted by atomic mass is 16.5. The smallest absolute Gasteiger partial charge is 0.248 e. The van der Waals surface area contributed by atoms with Crippen molar-refractivity contribution in [1.29, 1.82) is 0 Å². The normalized spacial score (nSPS) is 14.8. The Bertz CT molecular complexity index is 948. The van der Waals surface area contributed by atoms with Crippen LogP contribution in [-0.4, -0.2) is 58.6 Å². The molecule has 0 saturated carbocycles. The van der Waals surface area contributed by atoms with Gasteiger partial charge in [-0.15, -0.1) is 0 Å². The molecule has 4 rings (SSSR count). The SMILES string of the molecule is Cc1ccc(-c2noc(CN3CCN(C(=O)COCc4ccccc4)CC3)n2)cc1. The molecular formula is C23H26N4O3. The molecule has 7 nitrogen and oxygen atoms in total. The maximum atomic E-state index is 12.4. The quantitative estimate of drug-likeness (QED) is 0.601. The molecule has 0 atom stereocenters. The van der Waals surface area contributed by atoms with E-state index in [0.717, 1.165) is 24.2 Å². The van der Waals surface area contributed by atoms with Crippen molar-refractivity contribution in [3.05, 3.63) is 71.6 Å². The number of hydrogen-bond acceptors (Lipinski definition) is 6. The molecular weight excluding hydrogens is 380 g/mol. The van der Waals surface area contributed by atoms with Crippen molar-refractivity contribution in [2.75, 3.05) is 32.8 Å². The van der Waals surface area contributed by atoms with Crippen LogP contribution < -0.4 is 0 Å². The number of carbonyl (C=O) groups excluding carboxylic acids is 1. The van der Waals surface area contributed by atoms with Crippen molar-refractivity contribution in [3.63, 3.8) is 0 Å². The Morgan fingerprint density at radius 3 is 2.50 bits per heavy atom. The number of aromatic nitrogens is 2. The van der Waals surface area contributed by atoms with E-state index in [9.17, 15) is 4.79 Å². The summed E-state index contributed by atoms with van der Waals surface area (Å²) < 4.78 is 11.0. The van der Waals surface area contributed by atoms with E-state index in [2.05, 4.69) is 15.0 Å². The van der Waals surface area contributed by atoms with Gasteiger partial charge in [0.1, 0.15) is 6.61 Å². The maximum Gasteiger partial charge on any atom is 0.248 e. The summed E-state index contributed by atoms with van der Waals surface area (Å²) in [5.41, 5.74) is 3.21. The molecule has 156 valence electrons. The first-order chi connectivity index (χ1) is 14.7. The van der Waals surface area contributed by atoms with Crippen molar-refractivity contribution in [2.24, 2.45) is 0 Å². The van der Waals surface area contributed by atoms with Crippen LogP contribution in [0.2, 0.25) is 0 Å². The van der Waals surface area contributed by atoms with E-state index in [-0.39, 0.29) is 12.5 Å². The summed E-state index contributed by atoms with van der Waals surface area (Å²) in [5.74, 6) is 1.23. The zero-order chi connectivity index (χ0) is 20.8. The molecule has 0 N–H and O–H groups in total. The van der Waals surface area contributed by atoms with E-state index < -0.39 is 0 Å². The van der Waals surface area contributed by atoms with Gasteiger partial charge < -0.3 is 14.2 Å². The predicted molar refractivity (Wildman–Crippen MR) is 112 cm³/mol. The molecule has 0 spiro atoms. The largest absolute Gasteiger partial charge is 0.367 e. The number of nitrogens with zero attached hydrogens (tertiary/aromatic N) is 4. The zero-order valence-corrected chi connectivity index (χ0v) is 17.2. The molecule has 0 aliphatic carbocycles. The number of aryl methyl sites for hydroxylation is 1. The topological polar surface area (TPSA) is 71.7 Å². The Kier molecular flexibility index (Phi) is 6.51. The van der Waals surface area contributed by atoms with Crippen LogP contribution in [0.1, 0.15) is 17.0 Å². The number of amides is 1. The van der Waals surface area contributed by atoms with E-state index in [1.54, 1.807) is 0 Å². The molecule has 0 bridgehead atoms. The summed E-state index contributed by atoms with van der Waals surface area (Å²) in [7, 11) is 0. The Morgan fingerprint density at radius 2 is 1.77 bits per heavy atom. The fourth-order valence-electron chi connectivity index (χ4n) is 3.41. The molecule has 3 aromatic rings. The minimum absolute atomic E-state index is 0.0324. The zero-order valence-electron chi connectivity index (χ0n) is 17.2. The second-order valence-corrected chi connectivity index (χ2v) is 7.51. The summed E-state index contributed by atoms with van der Waals surface area (Å²) in [4.78, 5) is 21.0. The van der Waals surface area contributed by atoms with E-state index in [4.69, 9.17) is 9.26 Å². The summed E-state index contributed by atoms with van der Waals surface area (Å²) in [6.07, 6.45) is 0. The number of hydrogen-bond donors (Lipinski definition) is 0. The molecule has 2 heterocycles. The molecule has 2 aromatic carbocycles. The molecule has 1 aromatic heterocycles. The molecule has 30 heavy (non-hydrogen) atoms. The van der Waals surface area contributed by atoms with Gasteiger partial charge in [0.2, 0.25) is 17.6 Å². The second-order valence-electron chi connectivity index (χ2n) is 7.51. The first kappa shape index (κ1) is 20.3. The van der Waals surface area contributed by atoms with Crippen LogP contribution >= 0.6 is 0 Å². The minimum Gasteiger partial charge on any atom is -0.367 e. The second kappa shape index (κ2) is 9.65. The number of rotatable bonds is 7. The van der Waals surface area contributed by atoms with Crippen molar-refractivity contribution in [3.8, 4) is 11.4 Å². The van der Waals surface area contributed by atoms with Crippen LogP contribution in [0.4, 0.5) is 0 Å². The lowest BCUT2D eigenvalue weighted by atomic mass is 10.1. The third-order valence-electron chi connectivity index (χ3n) is 5.20. The van der Waals surface area contributed by atoms with Gasteiger partial charge in [0.05, 0.1) is 13.2 Å². The highest BCUT2D eigenvalue weighted by Crippen LogP contribution is 2.17. The van der Waals surface area contributed by atoms with Crippen LogP contribution in [0.5, 0.6) is 0 Å². The van der Waals surface area contributed by atoms with E-state index >= 15 is 0 Å². The highest BCUT2D eigenvalue weighted by molar-refractivity contribution is 5.77. The third kappa shape index (κ3) is 5.31. The lowest BCUT2D eigenvalue weighted by molar-refractivity contribution is -0.138. The van der Waals surface area contributed by atoms with Gasteiger partial charge in [-0.05, 0) is 12.5 Å². The minimum atomic E-state index is 0.0324. The van der Waals surface area contributed by atoms with Crippen LogP contribution in [-0.2, 0) is 22.7 Å². The van der Waals surface area contributed by atoms with Gasteiger partial charge in [0.15, 0.2) is 0 Å². The Labute approximate surface area is 176 Å². The van der Waals surface area contributed by atoms with Crippen LogP contribution in [0.3, 0.4) is 0 Å². The van der Waals surface area contributed by atoms with Gasteiger partial charge in [-0.1, -0.05) is 65.3 Å². The lowest BCUT2D eigenvalue weighted by Gasteiger charge is -2.33. The summed E-state index contributed by atoms with van der Waals surface area (Å²) in [6, 6.07) is 17.9. The average Bonchev–Trinajstić information content (AvgIpc) is 3.24. The fraction of sp³-hybridized carbons (Fsp3) is 0.348. The molecule has 1 fully saturated rings. The summed E-state index contributed by atoms with van der Waals surface area (Å²) in [5, 5.41) is 4.09. The number of benzene rings is 2. The van der Waals surface area contributed by atoms with Gasteiger partial charge in [0.25, 0.3) is 0 Å². The third-order valence-corrected chi connectivity index (χ3v) is 5.20.